The van der Waals surface area contributed by atoms with Crippen LogP contribution in [0.4, 0.5) is 0 Å². The third-order valence-electron chi connectivity index (χ3n) is 5.03. The van der Waals surface area contributed by atoms with Gasteiger partial charge in [-0.15, -0.1) is 0 Å². The van der Waals surface area contributed by atoms with E-state index in [1.165, 1.54) is 7.11 Å². The standard InChI is InChI=1S/C25H24ClNO4/c1-16-10-20(26)6-8-22(16)18-5-3-4-17(11-18)15-31-21-7-9-23(19(12-21)14-28)24(27)13-25(29)30-2/h3-12,14,24H,13,15,27H2,1-2H3. The molecule has 3 rings (SSSR count). The average molecular weight is 438 g/mol. The average Bonchev–Trinajstić information content (AvgIpc) is 2.77. The molecule has 0 aliphatic rings. The molecule has 0 heterocycles. The number of methoxy groups -OCH3 is 1. The van der Waals surface area contributed by atoms with Gasteiger partial charge < -0.3 is 15.2 Å². The van der Waals surface area contributed by atoms with E-state index in [1.807, 2.05) is 43.3 Å². The maximum atomic E-state index is 11.5. The second-order valence-electron chi connectivity index (χ2n) is 7.24. The molecule has 0 aliphatic carbocycles. The quantitative estimate of drug-likeness (QED) is 0.383. The Balaban J connectivity index is 1.74. The number of hydrogen-bond donors (Lipinski definition) is 1. The van der Waals surface area contributed by atoms with Crippen LogP contribution < -0.4 is 10.5 Å². The summed E-state index contributed by atoms with van der Waals surface area (Å²) in [5.41, 5.74) is 11.3. The van der Waals surface area contributed by atoms with E-state index in [-0.39, 0.29) is 6.42 Å². The summed E-state index contributed by atoms with van der Waals surface area (Å²) in [4.78, 5) is 23.0. The summed E-state index contributed by atoms with van der Waals surface area (Å²) in [5, 5.41) is 0.710. The molecule has 1 unspecified atom stereocenters. The van der Waals surface area contributed by atoms with Gasteiger partial charge in [-0.3, -0.25) is 9.59 Å². The molecule has 0 bridgehead atoms. The molecule has 5 nitrogen and oxygen atoms in total. The van der Waals surface area contributed by atoms with Gasteiger partial charge in [-0.2, -0.15) is 0 Å². The van der Waals surface area contributed by atoms with Crippen molar-refractivity contribution in [3.8, 4) is 16.9 Å². The fourth-order valence-electron chi connectivity index (χ4n) is 3.40. The lowest BCUT2D eigenvalue weighted by Crippen LogP contribution is -2.17. The van der Waals surface area contributed by atoms with Crippen molar-refractivity contribution >= 4 is 23.9 Å². The number of benzene rings is 3. The maximum Gasteiger partial charge on any atom is 0.307 e. The molecule has 3 aromatic carbocycles. The van der Waals surface area contributed by atoms with Gasteiger partial charge in [-0.25, -0.2) is 0 Å². The number of carbonyl (C=O) groups is 2. The lowest BCUT2D eigenvalue weighted by molar-refractivity contribution is -0.141. The van der Waals surface area contributed by atoms with E-state index in [0.29, 0.717) is 34.8 Å². The smallest absolute Gasteiger partial charge is 0.307 e. The van der Waals surface area contributed by atoms with Gasteiger partial charge in [0, 0.05) is 16.6 Å². The zero-order chi connectivity index (χ0) is 22.4. The van der Waals surface area contributed by atoms with E-state index in [1.54, 1.807) is 18.2 Å². The lowest BCUT2D eigenvalue weighted by Gasteiger charge is -2.15. The minimum atomic E-state index is -0.624. The van der Waals surface area contributed by atoms with E-state index >= 15 is 0 Å². The van der Waals surface area contributed by atoms with Crippen LogP contribution in [0.25, 0.3) is 11.1 Å². The normalized spacial score (nSPS) is 11.6. The molecule has 160 valence electrons. The van der Waals surface area contributed by atoms with Gasteiger partial charge in [0.2, 0.25) is 0 Å². The summed E-state index contributed by atoms with van der Waals surface area (Å²) < 4.78 is 10.5. The molecule has 0 saturated heterocycles. The number of halogens is 1. The van der Waals surface area contributed by atoms with Crippen molar-refractivity contribution in [2.75, 3.05) is 7.11 Å². The highest BCUT2D eigenvalue weighted by atomic mass is 35.5. The van der Waals surface area contributed by atoms with Crippen LogP contribution in [0.5, 0.6) is 5.75 Å². The minimum Gasteiger partial charge on any atom is -0.489 e. The maximum absolute atomic E-state index is 11.5. The molecule has 0 fully saturated rings. The van der Waals surface area contributed by atoms with Gasteiger partial charge in [0.25, 0.3) is 0 Å². The first-order chi connectivity index (χ1) is 14.9. The first kappa shape index (κ1) is 22.5. The number of carbonyl (C=O) groups excluding carboxylic acids is 2. The monoisotopic (exact) mass is 437 g/mol. The highest BCUT2D eigenvalue weighted by Crippen LogP contribution is 2.28. The van der Waals surface area contributed by atoms with Crippen molar-refractivity contribution in [2.24, 2.45) is 5.73 Å². The molecule has 6 heteroatoms. The van der Waals surface area contributed by atoms with Crippen molar-refractivity contribution in [3.63, 3.8) is 0 Å². The Bertz CT molecular complexity index is 1100. The molecule has 0 aliphatic heterocycles. The van der Waals surface area contributed by atoms with Gasteiger partial charge in [0.1, 0.15) is 12.4 Å². The Kier molecular flexibility index (Phi) is 7.45. The summed E-state index contributed by atoms with van der Waals surface area (Å²) in [7, 11) is 1.30. The fourth-order valence-corrected chi connectivity index (χ4v) is 3.63. The molecular weight excluding hydrogens is 414 g/mol. The number of esters is 1. The molecule has 0 amide bonds. The topological polar surface area (TPSA) is 78.6 Å². The van der Waals surface area contributed by atoms with Gasteiger partial charge in [0.05, 0.1) is 13.5 Å². The summed E-state index contributed by atoms with van der Waals surface area (Å²) in [6, 6.07) is 18.3. The number of aldehydes is 1. The SMILES string of the molecule is COC(=O)CC(N)c1ccc(OCc2cccc(-c3ccc(Cl)cc3C)c2)cc1C=O. The summed E-state index contributed by atoms with van der Waals surface area (Å²) in [6.07, 6.45) is 0.706. The van der Waals surface area contributed by atoms with Gasteiger partial charge >= 0.3 is 5.97 Å². The second kappa shape index (κ2) is 10.2. The van der Waals surface area contributed by atoms with Crippen LogP contribution in [-0.2, 0) is 16.1 Å². The predicted molar refractivity (Wildman–Crippen MR) is 121 cm³/mol. The number of nitrogens with two attached hydrogens (primary N) is 1. The first-order valence-electron chi connectivity index (χ1n) is 9.81. The first-order valence-corrected chi connectivity index (χ1v) is 10.2. The summed E-state index contributed by atoms with van der Waals surface area (Å²) >= 11 is 6.07. The van der Waals surface area contributed by atoms with Crippen LogP contribution in [-0.4, -0.2) is 19.4 Å². The largest absolute Gasteiger partial charge is 0.489 e. The number of ether oxygens (including phenoxy) is 2. The third-order valence-corrected chi connectivity index (χ3v) is 5.27. The Labute approximate surface area is 186 Å². The molecule has 1 atom stereocenters. The second-order valence-corrected chi connectivity index (χ2v) is 7.68. The Morgan fingerprint density at radius 1 is 1.13 bits per heavy atom. The predicted octanol–water partition coefficient (Wildman–Crippen LogP) is 5.27. The summed E-state index contributed by atoms with van der Waals surface area (Å²) in [6.45, 7) is 2.37. The lowest BCUT2D eigenvalue weighted by atomic mass is 9.98. The van der Waals surface area contributed by atoms with E-state index in [9.17, 15) is 9.59 Å². The third kappa shape index (κ3) is 5.72. The molecule has 0 radical (unpaired) electrons. The molecule has 2 N–H and O–H groups in total. The molecule has 0 aromatic heterocycles. The zero-order valence-electron chi connectivity index (χ0n) is 17.4. The van der Waals surface area contributed by atoms with E-state index < -0.39 is 12.0 Å². The molecule has 0 saturated carbocycles. The number of aryl methyl sites for hydroxylation is 1. The van der Waals surface area contributed by atoms with Gasteiger partial charge in [-0.05, 0) is 65.1 Å². The van der Waals surface area contributed by atoms with E-state index in [2.05, 4.69) is 10.8 Å². The minimum absolute atomic E-state index is 0.00551. The van der Waals surface area contributed by atoms with Gasteiger partial charge in [0.15, 0.2) is 6.29 Å². The zero-order valence-corrected chi connectivity index (χ0v) is 18.2. The van der Waals surface area contributed by atoms with Crippen LogP contribution in [0, 0.1) is 6.92 Å². The van der Waals surface area contributed by atoms with Crippen LogP contribution in [0.3, 0.4) is 0 Å². The Morgan fingerprint density at radius 2 is 1.94 bits per heavy atom. The highest BCUT2D eigenvalue weighted by molar-refractivity contribution is 6.30. The molecule has 3 aromatic rings. The van der Waals surface area contributed by atoms with Crippen LogP contribution in [0.15, 0.2) is 60.7 Å². The van der Waals surface area contributed by atoms with E-state index in [0.717, 1.165) is 22.3 Å². The summed E-state index contributed by atoms with van der Waals surface area (Å²) in [5.74, 6) is 0.115. The van der Waals surface area contributed by atoms with Crippen molar-refractivity contribution in [1.82, 2.24) is 0 Å². The molecule has 0 spiro atoms. The molecular formula is C25H24ClNO4. The Hall–Kier alpha value is -3.15. The van der Waals surface area contributed by atoms with Crippen molar-refractivity contribution in [3.05, 3.63) is 87.9 Å². The number of hydrogen-bond acceptors (Lipinski definition) is 5. The highest BCUT2D eigenvalue weighted by Gasteiger charge is 2.16. The van der Waals surface area contributed by atoms with Crippen LogP contribution >= 0.6 is 11.6 Å². The molecule has 31 heavy (non-hydrogen) atoms. The van der Waals surface area contributed by atoms with Gasteiger partial charge in [-0.1, -0.05) is 41.9 Å². The van der Waals surface area contributed by atoms with Crippen LogP contribution in [0.2, 0.25) is 5.02 Å². The van der Waals surface area contributed by atoms with Crippen molar-refractivity contribution < 1.29 is 19.1 Å². The van der Waals surface area contributed by atoms with Crippen molar-refractivity contribution in [2.45, 2.75) is 26.0 Å². The van der Waals surface area contributed by atoms with E-state index in [4.69, 9.17) is 22.1 Å². The van der Waals surface area contributed by atoms with Crippen molar-refractivity contribution in [1.29, 1.82) is 0 Å². The van der Waals surface area contributed by atoms with Crippen LogP contribution in [0.1, 0.15) is 39.5 Å². The number of rotatable bonds is 8. The fraction of sp³-hybridized carbons (Fsp3) is 0.200. The Morgan fingerprint density at radius 3 is 2.65 bits per heavy atom.